The third kappa shape index (κ3) is 5.13. The summed E-state index contributed by atoms with van der Waals surface area (Å²) < 4.78 is 4.78. The number of hydrogen-bond acceptors (Lipinski definition) is 3. The molecular formula is C9H19NO2. The number of nitrogens with two attached hydrogens (primary N) is 1. The summed E-state index contributed by atoms with van der Waals surface area (Å²) >= 11 is 0. The first-order chi connectivity index (χ1) is 5.57. The van der Waals surface area contributed by atoms with Gasteiger partial charge in [0.1, 0.15) is 0 Å². The minimum absolute atomic E-state index is 0.106. The quantitative estimate of drug-likeness (QED) is 0.638. The number of rotatable bonds is 5. The van der Waals surface area contributed by atoms with Crippen molar-refractivity contribution in [1.82, 2.24) is 0 Å². The Kier molecular flexibility index (Phi) is 5.72. The van der Waals surface area contributed by atoms with E-state index in [1.807, 2.05) is 0 Å². The number of hydrogen-bond donors (Lipinski definition) is 1. The van der Waals surface area contributed by atoms with Gasteiger partial charge in [0.05, 0.1) is 6.61 Å². The van der Waals surface area contributed by atoms with Gasteiger partial charge in [0.2, 0.25) is 0 Å². The highest BCUT2D eigenvalue weighted by Crippen LogP contribution is 2.05. The summed E-state index contributed by atoms with van der Waals surface area (Å²) in [4.78, 5) is 10.9. The molecule has 0 aliphatic rings. The van der Waals surface area contributed by atoms with E-state index in [0.29, 0.717) is 18.9 Å². The highest BCUT2D eigenvalue weighted by atomic mass is 16.5. The monoisotopic (exact) mass is 173 g/mol. The molecule has 0 aromatic heterocycles. The Hall–Kier alpha value is -0.570. The van der Waals surface area contributed by atoms with Crippen LogP contribution in [0.1, 0.15) is 33.6 Å². The maximum atomic E-state index is 10.9. The first-order valence-electron chi connectivity index (χ1n) is 4.49. The van der Waals surface area contributed by atoms with Crippen molar-refractivity contribution in [1.29, 1.82) is 0 Å². The van der Waals surface area contributed by atoms with E-state index in [9.17, 15) is 4.79 Å². The molecule has 2 N–H and O–H groups in total. The van der Waals surface area contributed by atoms with Gasteiger partial charge >= 0.3 is 5.97 Å². The fourth-order valence-electron chi connectivity index (χ4n) is 0.851. The minimum Gasteiger partial charge on any atom is -0.466 e. The van der Waals surface area contributed by atoms with Crippen molar-refractivity contribution < 1.29 is 9.53 Å². The fourth-order valence-corrected chi connectivity index (χ4v) is 0.851. The van der Waals surface area contributed by atoms with Crippen LogP contribution in [0.15, 0.2) is 0 Å². The molecule has 3 nitrogen and oxygen atoms in total. The van der Waals surface area contributed by atoms with Crippen molar-refractivity contribution in [3.05, 3.63) is 0 Å². The maximum Gasteiger partial charge on any atom is 0.305 e. The lowest BCUT2D eigenvalue weighted by Crippen LogP contribution is -2.27. The van der Waals surface area contributed by atoms with Crippen LogP contribution in [0.3, 0.4) is 0 Å². The Morgan fingerprint density at radius 1 is 1.50 bits per heavy atom. The summed E-state index contributed by atoms with van der Waals surface area (Å²) in [6.07, 6.45) is 1.16. The Balaban J connectivity index is 3.47. The van der Waals surface area contributed by atoms with Crippen molar-refractivity contribution in [3.8, 4) is 0 Å². The van der Waals surface area contributed by atoms with Crippen LogP contribution in [0.4, 0.5) is 0 Å². The molecular weight excluding hydrogens is 154 g/mol. The molecule has 0 amide bonds. The molecule has 1 atom stereocenters. The van der Waals surface area contributed by atoms with Crippen molar-refractivity contribution in [2.24, 2.45) is 11.7 Å². The first kappa shape index (κ1) is 11.4. The lowest BCUT2D eigenvalue weighted by atomic mass is 10.0. The zero-order valence-electron chi connectivity index (χ0n) is 8.17. The van der Waals surface area contributed by atoms with Gasteiger partial charge < -0.3 is 10.5 Å². The topological polar surface area (TPSA) is 52.3 Å². The Morgan fingerprint density at radius 3 is 2.50 bits per heavy atom. The lowest BCUT2D eigenvalue weighted by Gasteiger charge is -2.14. The second kappa shape index (κ2) is 6.00. The summed E-state index contributed by atoms with van der Waals surface area (Å²) in [6, 6.07) is 0.106. The molecule has 72 valence electrons. The van der Waals surface area contributed by atoms with Crippen molar-refractivity contribution in [2.75, 3.05) is 6.61 Å². The SMILES string of the molecule is CCOC(=O)CCC(N)C(C)C. The van der Waals surface area contributed by atoms with Crippen LogP contribution in [0.2, 0.25) is 0 Å². The van der Waals surface area contributed by atoms with Gasteiger partial charge in [0.15, 0.2) is 0 Å². The molecule has 0 saturated heterocycles. The zero-order valence-corrected chi connectivity index (χ0v) is 8.17. The second-order valence-electron chi connectivity index (χ2n) is 3.25. The number of esters is 1. The van der Waals surface area contributed by atoms with Crippen LogP contribution < -0.4 is 5.73 Å². The van der Waals surface area contributed by atoms with E-state index in [2.05, 4.69) is 13.8 Å². The van der Waals surface area contributed by atoms with Gasteiger partial charge in [0.25, 0.3) is 0 Å². The van der Waals surface area contributed by atoms with Crippen LogP contribution in [0.5, 0.6) is 0 Å². The van der Waals surface area contributed by atoms with E-state index in [0.717, 1.165) is 6.42 Å². The summed E-state index contributed by atoms with van der Waals surface area (Å²) in [6.45, 7) is 6.36. The van der Waals surface area contributed by atoms with Crippen LogP contribution in [0, 0.1) is 5.92 Å². The molecule has 0 bridgehead atoms. The van der Waals surface area contributed by atoms with Gasteiger partial charge in [-0.25, -0.2) is 0 Å². The minimum atomic E-state index is -0.145. The van der Waals surface area contributed by atoms with Crippen molar-refractivity contribution >= 4 is 5.97 Å². The first-order valence-corrected chi connectivity index (χ1v) is 4.49. The third-order valence-corrected chi connectivity index (χ3v) is 1.84. The highest BCUT2D eigenvalue weighted by molar-refractivity contribution is 5.69. The molecule has 0 aliphatic heterocycles. The molecule has 0 fully saturated rings. The van der Waals surface area contributed by atoms with E-state index in [1.165, 1.54) is 0 Å². The van der Waals surface area contributed by atoms with Gasteiger partial charge in [-0.2, -0.15) is 0 Å². The molecule has 0 rings (SSSR count). The highest BCUT2D eigenvalue weighted by Gasteiger charge is 2.10. The van der Waals surface area contributed by atoms with Gasteiger partial charge in [-0.05, 0) is 19.3 Å². The van der Waals surface area contributed by atoms with Crippen LogP contribution in [0.25, 0.3) is 0 Å². The smallest absolute Gasteiger partial charge is 0.305 e. The molecule has 0 heterocycles. The maximum absolute atomic E-state index is 10.9. The standard InChI is InChI=1S/C9H19NO2/c1-4-12-9(11)6-5-8(10)7(2)3/h7-8H,4-6,10H2,1-3H3. The molecule has 0 aromatic rings. The normalized spacial score (nSPS) is 13.1. The summed E-state index contributed by atoms with van der Waals surface area (Å²) in [5.74, 6) is 0.285. The summed E-state index contributed by atoms with van der Waals surface area (Å²) in [5.41, 5.74) is 5.75. The van der Waals surface area contributed by atoms with Gasteiger partial charge in [-0.3, -0.25) is 4.79 Å². The zero-order chi connectivity index (χ0) is 9.56. The Labute approximate surface area is 74.3 Å². The van der Waals surface area contributed by atoms with Crippen LogP contribution in [-0.2, 0) is 9.53 Å². The molecule has 0 aromatic carbocycles. The average molecular weight is 173 g/mol. The predicted octanol–water partition coefficient (Wildman–Crippen LogP) is 1.31. The average Bonchev–Trinajstić information content (AvgIpc) is 2.00. The molecule has 3 heteroatoms. The van der Waals surface area contributed by atoms with Crippen LogP contribution >= 0.6 is 0 Å². The lowest BCUT2D eigenvalue weighted by molar-refractivity contribution is -0.143. The molecule has 0 radical (unpaired) electrons. The molecule has 1 unspecified atom stereocenters. The van der Waals surface area contributed by atoms with E-state index in [1.54, 1.807) is 6.92 Å². The van der Waals surface area contributed by atoms with Gasteiger partial charge in [0, 0.05) is 12.5 Å². The molecule has 0 aliphatic carbocycles. The third-order valence-electron chi connectivity index (χ3n) is 1.84. The molecule has 12 heavy (non-hydrogen) atoms. The number of ether oxygens (including phenoxy) is 1. The number of carbonyl (C=O) groups is 1. The second-order valence-corrected chi connectivity index (χ2v) is 3.25. The van der Waals surface area contributed by atoms with Crippen LogP contribution in [-0.4, -0.2) is 18.6 Å². The molecule has 0 spiro atoms. The predicted molar refractivity (Wildman–Crippen MR) is 48.7 cm³/mol. The number of carbonyl (C=O) groups excluding carboxylic acids is 1. The Bertz CT molecular complexity index is 134. The summed E-state index contributed by atoms with van der Waals surface area (Å²) in [5, 5.41) is 0. The van der Waals surface area contributed by atoms with Gasteiger partial charge in [-0.1, -0.05) is 13.8 Å². The largest absolute Gasteiger partial charge is 0.466 e. The molecule has 0 saturated carbocycles. The van der Waals surface area contributed by atoms with Crippen molar-refractivity contribution in [3.63, 3.8) is 0 Å². The van der Waals surface area contributed by atoms with Crippen molar-refractivity contribution in [2.45, 2.75) is 39.7 Å². The summed E-state index contributed by atoms with van der Waals surface area (Å²) in [7, 11) is 0. The van der Waals surface area contributed by atoms with Gasteiger partial charge in [-0.15, -0.1) is 0 Å². The Morgan fingerprint density at radius 2 is 2.08 bits per heavy atom. The fraction of sp³-hybridized carbons (Fsp3) is 0.889. The van der Waals surface area contributed by atoms with E-state index < -0.39 is 0 Å². The van der Waals surface area contributed by atoms with E-state index in [4.69, 9.17) is 10.5 Å². The van der Waals surface area contributed by atoms with E-state index >= 15 is 0 Å². The van der Waals surface area contributed by atoms with E-state index in [-0.39, 0.29) is 12.0 Å².